The second-order valence-corrected chi connectivity index (χ2v) is 4.92. The summed E-state index contributed by atoms with van der Waals surface area (Å²) in [5.41, 5.74) is 1.38. The minimum atomic E-state index is -0.371. The van der Waals surface area contributed by atoms with E-state index < -0.39 is 0 Å². The molecule has 2 N–H and O–H groups in total. The van der Waals surface area contributed by atoms with Gasteiger partial charge in [0.1, 0.15) is 6.07 Å². The Balaban J connectivity index is 2.05. The first kappa shape index (κ1) is 15.0. The van der Waals surface area contributed by atoms with E-state index in [2.05, 4.69) is 10.6 Å². The minimum Gasteiger partial charge on any atom is -0.331 e. The number of carbonyl (C=O) groups is 1. The molecule has 0 aliphatic heterocycles. The predicted octanol–water partition coefficient (Wildman–Crippen LogP) is 3.34. The fourth-order valence-corrected chi connectivity index (χ4v) is 2.04. The minimum absolute atomic E-state index is 0.114. The number of halogens is 1. The highest BCUT2D eigenvalue weighted by atomic mass is 35.5. The van der Waals surface area contributed by atoms with Gasteiger partial charge in [-0.15, -0.1) is 0 Å². The average molecular weight is 316 g/mol. The predicted molar refractivity (Wildman–Crippen MR) is 86.3 cm³/mol. The van der Waals surface area contributed by atoms with Gasteiger partial charge in [0.2, 0.25) is 0 Å². The van der Waals surface area contributed by atoms with Crippen molar-refractivity contribution in [1.29, 1.82) is 5.26 Å². The molecule has 2 aromatic rings. The zero-order valence-corrected chi connectivity index (χ0v) is 12.3. The monoisotopic (exact) mass is 315 g/mol. The lowest BCUT2D eigenvalue weighted by Gasteiger charge is -2.10. The Kier molecular flexibility index (Phi) is 4.88. The van der Waals surface area contributed by atoms with Gasteiger partial charge in [-0.05, 0) is 42.5 Å². The van der Waals surface area contributed by atoms with Crippen LogP contribution in [0, 0.1) is 11.3 Å². The van der Waals surface area contributed by atoms with Gasteiger partial charge in [0.25, 0.3) is 5.91 Å². The molecule has 4 nitrogen and oxygen atoms in total. The number of amides is 1. The molecule has 0 fully saturated rings. The Morgan fingerprint density at radius 1 is 1.19 bits per heavy atom. The topological polar surface area (TPSA) is 64.9 Å². The Labute approximate surface area is 132 Å². The lowest BCUT2D eigenvalue weighted by Crippen LogP contribution is -2.34. The van der Waals surface area contributed by atoms with Crippen LogP contribution >= 0.6 is 23.8 Å². The Bertz CT molecular complexity index is 740. The summed E-state index contributed by atoms with van der Waals surface area (Å²) in [6.07, 6.45) is 0. The standard InChI is InChI=1S/C15H10ClN3OS/c16-12-6-3-5-10(8-12)14(20)19-15(21)18-13-7-2-1-4-11(13)9-17/h1-8H,(H2,18,19,20,21). The summed E-state index contributed by atoms with van der Waals surface area (Å²) in [6, 6.07) is 15.5. The first-order valence-corrected chi connectivity index (χ1v) is 6.76. The number of anilines is 1. The summed E-state index contributed by atoms with van der Waals surface area (Å²) in [4.78, 5) is 12.0. The van der Waals surface area contributed by atoms with E-state index in [1.807, 2.05) is 6.07 Å². The number of carbonyl (C=O) groups excluding carboxylic acids is 1. The van der Waals surface area contributed by atoms with E-state index in [1.54, 1.807) is 48.5 Å². The highest BCUT2D eigenvalue weighted by Gasteiger charge is 2.09. The normalized spacial score (nSPS) is 9.52. The molecular weight excluding hydrogens is 306 g/mol. The molecule has 1 amide bonds. The maximum absolute atomic E-state index is 12.0. The Morgan fingerprint density at radius 3 is 2.67 bits per heavy atom. The number of thiocarbonyl (C=S) groups is 1. The van der Waals surface area contributed by atoms with Crippen LogP contribution in [0.3, 0.4) is 0 Å². The SMILES string of the molecule is N#Cc1ccccc1NC(=S)NC(=O)c1cccc(Cl)c1. The summed E-state index contributed by atoms with van der Waals surface area (Å²) in [7, 11) is 0. The lowest BCUT2D eigenvalue weighted by molar-refractivity contribution is 0.0977. The maximum Gasteiger partial charge on any atom is 0.257 e. The van der Waals surface area contributed by atoms with E-state index >= 15 is 0 Å². The second kappa shape index (κ2) is 6.84. The number of benzene rings is 2. The molecule has 0 atom stereocenters. The molecule has 0 aliphatic carbocycles. The van der Waals surface area contributed by atoms with E-state index in [4.69, 9.17) is 29.1 Å². The molecule has 2 aromatic carbocycles. The molecule has 0 saturated heterocycles. The Morgan fingerprint density at radius 2 is 1.95 bits per heavy atom. The van der Waals surface area contributed by atoms with Crippen molar-refractivity contribution >= 4 is 40.5 Å². The molecule has 0 bridgehead atoms. The van der Waals surface area contributed by atoms with Crippen molar-refractivity contribution in [2.45, 2.75) is 0 Å². The molecule has 0 radical (unpaired) electrons. The number of nitrogens with zero attached hydrogens (tertiary/aromatic N) is 1. The third-order valence-corrected chi connectivity index (χ3v) is 3.05. The van der Waals surface area contributed by atoms with E-state index in [-0.39, 0.29) is 11.0 Å². The van der Waals surface area contributed by atoms with Crippen LogP contribution in [0.2, 0.25) is 5.02 Å². The van der Waals surface area contributed by atoms with Crippen LogP contribution < -0.4 is 10.6 Å². The summed E-state index contributed by atoms with van der Waals surface area (Å²) in [5, 5.41) is 14.9. The van der Waals surface area contributed by atoms with Gasteiger partial charge < -0.3 is 5.32 Å². The fraction of sp³-hybridized carbons (Fsp3) is 0. The van der Waals surface area contributed by atoms with Crippen LogP contribution in [0.15, 0.2) is 48.5 Å². The number of hydrogen-bond acceptors (Lipinski definition) is 3. The molecule has 0 spiro atoms. The molecule has 2 rings (SSSR count). The van der Waals surface area contributed by atoms with Gasteiger partial charge in [0, 0.05) is 10.6 Å². The first-order chi connectivity index (χ1) is 10.1. The van der Waals surface area contributed by atoms with Gasteiger partial charge in [-0.1, -0.05) is 29.8 Å². The molecule has 0 saturated carbocycles. The van der Waals surface area contributed by atoms with Crippen molar-refractivity contribution in [1.82, 2.24) is 5.32 Å². The van der Waals surface area contributed by atoms with Gasteiger partial charge >= 0.3 is 0 Å². The van der Waals surface area contributed by atoms with Crippen molar-refractivity contribution in [3.8, 4) is 6.07 Å². The molecule has 0 heterocycles. The first-order valence-electron chi connectivity index (χ1n) is 5.97. The van der Waals surface area contributed by atoms with Gasteiger partial charge in [0.15, 0.2) is 5.11 Å². The number of hydrogen-bond donors (Lipinski definition) is 2. The van der Waals surface area contributed by atoms with E-state index in [9.17, 15) is 4.79 Å². The maximum atomic E-state index is 12.0. The third-order valence-electron chi connectivity index (χ3n) is 2.61. The van der Waals surface area contributed by atoms with Crippen LogP contribution in [0.25, 0.3) is 0 Å². The molecule has 104 valence electrons. The molecule has 6 heteroatoms. The quantitative estimate of drug-likeness (QED) is 0.834. The van der Waals surface area contributed by atoms with E-state index in [1.165, 1.54) is 0 Å². The van der Waals surface area contributed by atoms with Crippen LogP contribution in [0.1, 0.15) is 15.9 Å². The average Bonchev–Trinajstić information content (AvgIpc) is 2.47. The smallest absolute Gasteiger partial charge is 0.257 e. The lowest BCUT2D eigenvalue weighted by atomic mass is 10.2. The second-order valence-electron chi connectivity index (χ2n) is 4.08. The summed E-state index contributed by atoms with van der Waals surface area (Å²) in [5.74, 6) is -0.371. The molecule has 21 heavy (non-hydrogen) atoms. The summed E-state index contributed by atoms with van der Waals surface area (Å²) in [6.45, 7) is 0. The van der Waals surface area contributed by atoms with Crippen molar-refractivity contribution in [2.24, 2.45) is 0 Å². The number of para-hydroxylation sites is 1. The van der Waals surface area contributed by atoms with Gasteiger partial charge in [-0.2, -0.15) is 5.26 Å². The van der Waals surface area contributed by atoms with Crippen LogP contribution in [-0.2, 0) is 0 Å². The van der Waals surface area contributed by atoms with Crippen molar-refractivity contribution < 1.29 is 4.79 Å². The largest absolute Gasteiger partial charge is 0.331 e. The zero-order chi connectivity index (χ0) is 15.2. The summed E-state index contributed by atoms with van der Waals surface area (Å²) < 4.78 is 0. The van der Waals surface area contributed by atoms with Crippen LogP contribution in [0.4, 0.5) is 5.69 Å². The third kappa shape index (κ3) is 4.02. The van der Waals surface area contributed by atoms with Crippen molar-refractivity contribution in [3.05, 3.63) is 64.7 Å². The molecule has 0 aliphatic rings. The molecular formula is C15H10ClN3OS. The number of rotatable bonds is 2. The van der Waals surface area contributed by atoms with Crippen molar-refractivity contribution in [2.75, 3.05) is 5.32 Å². The van der Waals surface area contributed by atoms with E-state index in [0.717, 1.165) is 0 Å². The highest BCUT2D eigenvalue weighted by molar-refractivity contribution is 7.80. The van der Waals surface area contributed by atoms with Crippen LogP contribution in [-0.4, -0.2) is 11.0 Å². The molecule has 0 aromatic heterocycles. The van der Waals surface area contributed by atoms with Crippen molar-refractivity contribution in [3.63, 3.8) is 0 Å². The summed E-state index contributed by atoms with van der Waals surface area (Å²) >= 11 is 10.9. The fourth-order valence-electron chi connectivity index (χ4n) is 1.65. The van der Waals surface area contributed by atoms with Gasteiger partial charge in [0.05, 0.1) is 11.3 Å². The van der Waals surface area contributed by atoms with Gasteiger partial charge in [-0.3, -0.25) is 10.1 Å². The highest BCUT2D eigenvalue weighted by Crippen LogP contribution is 2.14. The number of nitrogens with one attached hydrogen (secondary N) is 2. The number of nitriles is 1. The van der Waals surface area contributed by atoms with Gasteiger partial charge in [-0.25, -0.2) is 0 Å². The Hall–Kier alpha value is -2.42. The van der Waals surface area contributed by atoms with Crippen LogP contribution in [0.5, 0.6) is 0 Å². The molecule has 0 unspecified atom stereocenters. The zero-order valence-electron chi connectivity index (χ0n) is 10.8. The van der Waals surface area contributed by atoms with E-state index in [0.29, 0.717) is 21.8 Å².